The van der Waals surface area contributed by atoms with Gasteiger partial charge in [0.2, 0.25) is 0 Å². The minimum absolute atomic E-state index is 0.220. The minimum atomic E-state index is 0.220. The Morgan fingerprint density at radius 2 is 2.29 bits per heavy atom. The predicted octanol–water partition coefficient (Wildman–Crippen LogP) is 1.02. The molecular formula is C11H23NO2. The van der Waals surface area contributed by atoms with E-state index in [4.69, 9.17) is 4.74 Å². The van der Waals surface area contributed by atoms with Crippen molar-refractivity contribution in [2.45, 2.75) is 32.7 Å². The van der Waals surface area contributed by atoms with Crippen LogP contribution in [0, 0.1) is 11.8 Å². The molecule has 1 saturated heterocycles. The number of rotatable bonds is 5. The third-order valence-electron chi connectivity index (χ3n) is 2.75. The van der Waals surface area contributed by atoms with Gasteiger partial charge >= 0.3 is 0 Å². The van der Waals surface area contributed by atoms with Crippen LogP contribution in [0.25, 0.3) is 0 Å². The zero-order valence-corrected chi connectivity index (χ0v) is 9.33. The van der Waals surface area contributed by atoms with Gasteiger partial charge < -0.3 is 15.2 Å². The molecule has 3 heteroatoms. The van der Waals surface area contributed by atoms with Crippen molar-refractivity contribution < 1.29 is 9.84 Å². The Kier molecular flexibility index (Phi) is 5.45. The summed E-state index contributed by atoms with van der Waals surface area (Å²) in [4.78, 5) is 0. The molecular weight excluding hydrogens is 178 g/mol. The molecule has 2 unspecified atom stereocenters. The van der Waals surface area contributed by atoms with Crippen molar-refractivity contribution in [2.24, 2.45) is 11.8 Å². The van der Waals surface area contributed by atoms with E-state index in [1.54, 1.807) is 0 Å². The average molecular weight is 201 g/mol. The van der Waals surface area contributed by atoms with E-state index in [-0.39, 0.29) is 12.6 Å². The number of hydrogen-bond acceptors (Lipinski definition) is 3. The van der Waals surface area contributed by atoms with Crippen LogP contribution in [0.5, 0.6) is 0 Å². The van der Waals surface area contributed by atoms with Crippen molar-refractivity contribution in [3.8, 4) is 0 Å². The van der Waals surface area contributed by atoms with Crippen LogP contribution in [-0.2, 0) is 4.74 Å². The second-order valence-electron chi connectivity index (χ2n) is 4.57. The van der Waals surface area contributed by atoms with Crippen LogP contribution in [0.4, 0.5) is 0 Å². The lowest BCUT2D eigenvalue weighted by molar-refractivity contribution is 0.0278. The maximum Gasteiger partial charge on any atom is 0.0588 e. The van der Waals surface area contributed by atoms with Gasteiger partial charge in [0, 0.05) is 12.6 Å². The van der Waals surface area contributed by atoms with Crippen LogP contribution in [-0.4, -0.2) is 37.5 Å². The highest BCUT2D eigenvalue weighted by atomic mass is 16.5. The highest BCUT2D eigenvalue weighted by molar-refractivity contribution is 4.78. The van der Waals surface area contributed by atoms with E-state index in [2.05, 4.69) is 19.2 Å². The lowest BCUT2D eigenvalue weighted by Crippen LogP contribution is -2.44. The molecule has 0 amide bonds. The van der Waals surface area contributed by atoms with E-state index in [0.717, 1.165) is 26.2 Å². The molecule has 0 saturated carbocycles. The van der Waals surface area contributed by atoms with Crippen LogP contribution in [0.15, 0.2) is 0 Å². The topological polar surface area (TPSA) is 41.5 Å². The molecule has 0 aromatic rings. The molecule has 3 nitrogen and oxygen atoms in total. The van der Waals surface area contributed by atoms with Crippen molar-refractivity contribution in [3.05, 3.63) is 0 Å². The fourth-order valence-electron chi connectivity index (χ4n) is 1.85. The zero-order valence-electron chi connectivity index (χ0n) is 9.33. The van der Waals surface area contributed by atoms with Gasteiger partial charge in [0.1, 0.15) is 0 Å². The molecule has 0 aromatic heterocycles. The standard InChI is InChI=1S/C11H23NO2/c1-9(2)6-12-11(7-13)10-4-3-5-14-8-10/h9-13H,3-8H2,1-2H3. The fourth-order valence-corrected chi connectivity index (χ4v) is 1.85. The first-order chi connectivity index (χ1) is 6.74. The Labute approximate surface area is 86.8 Å². The first kappa shape index (κ1) is 12.0. The van der Waals surface area contributed by atoms with Crippen LogP contribution in [0.3, 0.4) is 0 Å². The Morgan fingerprint density at radius 3 is 2.79 bits per heavy atom. The van der Waals surface area contributed by atoms with Gasteiger partial charge in [-0.1, -0.05) is 13.8 Å². The third kappa shape index (κ3) is 3.95. The molecule has 0 spiro atoms. The van der Waals surface area contributed by atoms with E-state index in [1.165, 1.54) is 6.42 Å². The normalized spacial score (nSPS) is 25.3. The van der Waals surface area contributed by atoms with E-state index in [9.17, 15) is 5.11 Å². The van der Waals surface area contributed by atoms with Crippen LogP contribution < -0.4 is 5.32 Å². The van der Waals surface area contributed by atoms with E-state index in [0.29, 0.717) is 11.8 Å². The minimum Gasteiger partial charge on any atom is -0.395 e. The highest BCUT2D eigenvalue weighted by Gasteiger charge is 2.23. The summed E-state index contributed by atoms with van der Waals surface area (Å²) < 4.78 is 5.42. The van der Waals surface area contributed by atoms with Gasteiger partial charge in [-0.05, 0) is 31.2 Å². The average Bonchev–Trinajstić information content (AvgIpc) is 2.20. The molecule has 0 aromatic carbocycles. The molecule has 2 atom stereocenters. The Morgan fingerprint density at radius 1 is 1.50 bits per heavy atom. The second-order valence-corrected chi connectivity index (χ2v) is 4.57. The molecule has 1 fully saturated rings. The fraction of sp³-hybridized carbons (Fsp3) is 1.00. The van der Waals surface area contributed by atoms with Gasteiger partial charge in [-0.3, -0.25) is 0 Å². The summed E-state index contributed by atoms with van der Waals surface area (Å²) in [7, 11) is 0. The SMILES string of the molecule is CC(C)CNC(CO)C1CCCOC1. The second kappa shape index (κ2) is 6.38. The van der Waals surface area contributed by atoms with Gasteiger partial charge in [0.25, 0.3) is 0 Å². The summed E-state index contributed by atoms with van der Waals surface area (Å²) in [5.74, 6) is 1.13. The van der Waals surface area contributed by atoms with Gasteiger partial charge in [-0.2, -0.15) is 0 Å². The van der Waals surface area contributed by atoms with Crippen LogP contribution in [0.1, 0.15) is 26.7 Å². The summed E-state index contributed by atoms with van der Waals surface area (Å²) >= 11 is 0. The third-order valence-corrected chi connectivity index (χ3v) is 2.75. The van der Waals surface area contributed by atoms with Gasteiger partial charge in [0.15, 0.2) is 0 Å². The zero-order chi connectivity index (χ0) is 10.4. The molecule has 1 rings (SSSR count). The molecule has 0 radical (unpaired) electrons. The van der Waals surface area contributed by atoms with Crippen molar-refractivity contribution in [3.63, 3.8) is 0 Å². The maximum absolute atomic E-state index is 9.27. The predicted molar refractivity (Wildman–Crippen MR) is 57.3 cm³/mol. The summed E-state index contributed by atoms with van der Waals surface area (Å²) in [5, 5.41) is 12.7. The number of aliphatic hydroxyl groups is 1. The molecule has 14 heavy (non-hydrogen) atoms. The summed E-state index contributed by atoms with van der Waals surface area (Å²) in [6.45, 7) is 7.25. The quantitative estimate of drug-likeness (QED) is 0.698. The number of aliphatic hydroxyl groups excluding tert-OH is 1. The lowest BCUT2D eigenvalue weighted by atomic mass is 9.94. The molecule has 1 heterocycles. The molecule has 84 valence electrons. The van der Waals surface area contributed by atoms with Crippen molar-refractivity contribution in [2.75, 3.05) is 26.4 Å². The van der Waals surface area contributed by atoms with Crippen molar-refractivity contribution in [1.82, 2.24) is 5.32 Å². The van der Waals surface area contributed by atoms with Crippen LogP contribution in [0.2, 0.25) is 0 Å². The highest BCUT2D eigenvalue weighted by Crippen LogP contribution is 2.17. The van der Waals surface area contributed by atoms with E-state index >= 15 is 0 Å². The molecule has 0 aliphatic carbocycles. The smallest absolute Gasteiger partial charge is 0.0588 e. The van der Waals surface area contributed by atoms with Crippen molar-refractivity contribution in [1.29, 1.82) is 0 Å². The van der Waals surface area contributed by atoms with Gasteiger partial charge in [-0.15, -0.1) is 0 Å². The van der Waals surface area contributed by atoms with Gasteiger partial charge in [-0.25, -0.2) is 0 Å². The monoisotopic (exact) mass is 201 g/mol. The summed E-state index contributed by atoms with van der Waals surface area (Å²) in [6, 6.07) is 0.220. The number of nitrogens with one attached hydrogen (secondary N) is 1. The first-order valence-corrected chi connectivity index (χ1v) is 5.66. The molecule has 1 aliphatic rings. The maximum atomic E-state index is 9.27. The largest absolute Gasteiger partial charge is 0.395 e. The van der Waals surface area contributed by atoms with E-state index in [1.807, 2.05) is 0 Å². The van der Waals surface area contributed by atoms with Crippen molar-refractivity contribution >= 4 is 0 Å². The first-order valence-electron chi connectivity index (χ1n) is 5.66. The van der Waals surface area contributed by atoms with E-state index < -0.39 is 0 Å². The summed E-state index contributed by atoms with van der Waals surface area (Å²) in [5.41, 5.74) is 0. The molecule has 1 aliphatic heterocycles. The van der Waals surface area contributed by atoms with Crippen LogP contribution >= 0.6 is 0 Å². The summed E-state index contributed by atoms with van der Waals surface area (Å²) in [6.07, 6.45) is 2.31. The molecule has 2 N–H and O–H groups in total. The van der Waals surface area contributed by atoms with Gasteiger partial charge in [0.05, 0.1) is 13.2 Å². The molecule has 0 bridgehead atoms. The number of hydrogen-bond donors (Lipinski definition) is 2. The lowest BCUT2D eigenvalue weighted by Gasteiger charge is -2.30. The Bertz CT molecular complexity index is 144. The Hall–Kier alpha value is -0.120. The number of ether oxygens (including phenoxy) is 1. The Balaban J connectivity index is 2.28.